The molecule has 58 heavy (non-hydrogen) atoms. The lowest BCUT2D eigenvalue weighted by Gasteiger charge is -2.12. The number of nitrogens with one attached hydrogen (secondary N) is 4. The predicted molar refractivity (Wildman–Crippen MR) is 218 cm³/mol. The van der Waals surface area contributed by atoms with E-state index in [-0.39, 0.29) is 72.7 Å². The molecule has 2 amide bonds. The Morgan fingerprint density at radius 3 is 1.41 bits per heavy atom. The summed E-state index contributed by atoms with van der Waals surface area (Å²) in [6, 6.07) is 18.2. The summed E-state index contributed by atoms with van der Waals surface area (Å²) in [4.78, 5) is 82.1. The maximum absolute atomic E-state index is 12.9. The molecule has 8 rings (SSSR count). The molecule has 2 aliphatic rings. The lowest BCUT2D eigenvalue weighted by molar-refractivity contribution is 0.0948. The Morgan fingerprint density at radius 2 is 1.05 bits per heavy atom. The summed E-state index contributed by atoms with van der Waals surface area (Å²) in [5.41, 5.74) is 3.46. The van der Waals surface area contributed by atoms with Crippen LogP contribution >= 0.6 is 0 Å². The van der Waals surface area contributed by atoms with Crippen LogP contribution in [0.15, 0.2) is 95.0 Å². The van der Waals surface area contributed by atoms with Gasteiger partial charge in [-0.1, -0.05) is 24.3 Å². The van der Waals surface area contributed by atoms with E-state index < -0.39 is 22.9 Å². The fraction of sp³-hybridized carbons (Fsp3) is 0.318. The summed E-state index contributed by atoms with van der Waals surface area (Å²) in [7, 11) is 2.91. The number of H-pyrrole nitrogens is 2. The molecule has 2 aromatic carbocycles. The molecular weight excluding hydrogens is 741 g/mol. The van der Waals surface area contributed by atoms with Crippen molar-refractivity contribution in [2.24, 2.45) is 23.7 Å². The van der Waals surface area contributed by atoms with Crippen LogP contribution in [0, 0.1) is 23.7 Å². The van der Waals surface area contributed by atoms with Crippen molar-refractivity contribution in [3.8, 4) is 0 Å². The molecule has 4 aromatic heterocycles. The van der Waals surface area contributed by atoms with Gasteiger partial charge in [0.25, 0.3) is 22.9 Å². The van der Waals surface area contributed by atoms with Crippen LogP contribution in [0.25, 0.3) is 21.8 Å². The van der Waals surface area contributed by atoms with Crippen LogP contribution in [-0.4, -0.2) is 80.0 Å². The van der Waals surface area contributed by atoms with Gasteiger partial charge in [0.2, 0.25) is 0 Å². The Kier molecular flexibility index (Phi) is 11.7. The number of benzene rings is 2. The van der Waals surface area contributed by atoms with E-state index in [1.807, 2.05) is 60.9 Å². The number of aliphatic hydroxyl groups excluding tert-OH is 2. The van der Waals surface area contributed by atoms with Gasteiger partial charge in [0.15, 0.2) is 11.6 Å². The average molecular weight is 787 g/mol. The summed E-state index contributed by atoms with van der Waals surface area (Å²) < 4.78 is 2.85. The zero-order valence-corrected chi connectivity index (χ0v) is 32.3. The third-order valence-corrected chi connectivity index (χ3v) is 11.3. The van der Waals surface area contributed by atoms with Gasteiger partial charge in [-0.25, -0.2) is 0 Å². The Labute approximate surface area is 332 Å². The maximum Gasteiger partial charge on any atom is 0.263 e. The number of ketones is 2. The van der Waals surface area contributed by atoms with Crippen molar-refractivity contribution in [2.45, 2.75) is 38.8 Å². The SMILES string of the molecule is CNC(=O)c1cc(C(=O)C[C@@H]2C[C@H]2CO)cn(Cc2cccc3[nH]ccc23)c1=O.CNC(=O)c1cc(C(=O)C[C@H]2C[C@@H]2CO)cn(Cc2cccc3[nH]ccc23)c1=O. The van der Waals surface area contributed by atoms with Crippen LogP contribution in [-0.2, 0) is 13.1 Å². The fourth-order valence-corrected chi connectivity index (χ4v) is 7.63. The van der Waals surface area contributed by atoms with Crippen molar-refractivity contribution in [1.82, 2.24) is 29.7 Å². The number of aliphatic hydroxyl groups is 2. The third-order valence-electron chi connectivity index (χ3n) is 11.3. The molecule has 6 N–H and O–H groups in total. The van der Waals surface area contributed by atoms with E-state index in [4.69, 9.17) is 0 Å². The maximum atomic E-state index is 12.9. The predicted octanol–water partition coefficient (Wildman–Crippen LogP) is 3.88. The number of Topliss-reactive ketones (excluding diaryl/α,β-unsaturated/α-hetero) is 2. The van der Waals surface area contributed by atoms with Gasteiger partial charge in [0.05, 0.1) is 13.1 Å². The topological polar surface area (TPSA) is 208 Å². The van der Waals surface area contributed by atoms with Crippen LogP contribution in [0.1, 0.15) is 78.2 Å². The second kappa shape index (κ2) is 17.0. The second-order valence-corrected chi connectivity index (χ2v) is 15.2. The van der Waals surface area contributed by atoms with E-state index >= 15 is 0 Å². The van der Waals surface area contributed by atoms with Crippen LogP contribution in [0.5, 0.6) is 0 Å². The van der Waals surface area contributed by atoms with E-state index in [1.165, 1.54) is 35.4 Å². The van der Waals surface area contributed by atoms with Crippen molar-refractivity contribution in [1.29, 1.82) is 0 Å². The van der Waals surface area contributed by atoms with Crippen LogP contribution in [0.4, 0.5) is 0 Å². The largest absolute Gasteiger partial charge is 0.396 e. The highest BCUT2D eigenvalue weighted by atomic mass is 16.3. The minimum Gasteiger partial charge on any atom is -0.396 e. The normalized spacial score (nSPS) is 18.0. The first-order chi connectivity index (χ1) is 28.0. The Balaban J connectivity index is 0.000000177. The summed E-state index contributed by atoms with van der Waals surface area (Å²) in [6.07, 6.45) is 9.03. The molecule has 2 aliphatic carbocycles. The molecule has 14 nitrogen and oxygen atoms in total. The zero-order chi connectivity index (χ0) is 41.1. The average Bonchev–Trinajstić information content (AvgIpc) is 4.02. The van der Waals surface area contributed by atoms with Crippen LogP contribution in [0.3, 0.4) is 0 Å². The van der Waals surface area contributed by atoms with Crippen molar-refractivity contribution >= 4 is 45.2 Å². The lowest BCUT2D eigenvalue weighted by atomic mass is 10.0. The first kappa shape index (κ1) is 39.8. The van der Waals surface area contributed by atoms with E-state index in [0.717, 1.165) is 45.8 Å². The van der Waals surface area contributed by atoms with Gasteiger partial charge < -0.3 is 39.9 Å². The van der Waals surface area contributed by atoms with E-state index in [0.29, 0.717) is 24.0 Å². The number of amides is 2. The molecule has 2 fully saturated rings. The molecule has 0 unspecified atom stereocenters. The summed E-state index contributed by atoms with van der Waals surface area (Å²) >= 11 is 0. The van der Waals surface area contributed by atoms with Gasteiger partial charge in [-0.15, -0.1) is 0 Å². The van der Waals surface area contributed by atoms with E-state index in [1.54, 1.807) is 12.4 Å². The van der Waals surface area contributed by atoms with Crippen molar-refractivity contribution in [3.05, 3.63) is 140 Å². The number of pyridine rings is 2. The molecule has 0 aliphatic heterocycles. The lowest BCUT2D eigenvalue weighted by Crippen LogP contribution is -2.32. The van der Waals surface area contributed by atoms with Gasteiger partial charge in [0, 0.05) is 97.9 Å². The number of carbonyl (C=O) groups is 4. The molecular formula is C44H46N6O8. The molecule has 4 atom stereocenters. The van der Waals surface area contributed by atoms with Crippen LogP contribution in [0.2, 0.25) is 0 Å². The Morgan fingerprint density at radius 1 is 0.638 bits per heavy atom. The van der Waals surface area contributed by atoms with Gasteiger partial charge in [-0.3, -0.25) is 28.8 Å². The summed E-state index contributed by atoms with van der Waals surface area (Å²) in [6.45, 7) is 0.673. The number of rotatable bonds is 14. The van der Waals surface area contributed by atoms with Crippen LogP contribution < -0.4 is 21.8 Å². The van der Waals surface area contributed by atoms with Crippen molar-refractivity contribution in [3.63, 3.8) is 0 Å². The van der Waals surface area contributed by atoms with Gasteiger partial charge in [-0.05, 0) is 84.0 Å². The van der Waals surface area contributed by atoms with Gasteiger partial charge in [0.1, 0.15) is 11.1 Å². The Bertz CT molecular complexity index is 2470. The second-order valence-electron chi connectivity index (χ2n) is 15.2. The summed E-state index contributed by atoms with van der Waals surface area (Å²) in [5, 5.41) is 25.3. The minimum absolute atomic E-state index is 0.0471. The van der Waals surface area contributed by atoms with E-state index in [9.17, 15) is 39.0 Å². The minimum atomic E-state index is -0.516. The molecule has 0 bridgehead atoms. The van der Waals surface area contributed by atoms with Gasteiger partial charge >= 0.3 is 0 Å². The fourth-order valence-electron chi connectivity index (χ4n) is 7.63. The zero-order valence-electron chi connectivity index (χ0n) is 32.3. The molecule has 4 heterocycles. The smallest absolute Gasteiger partial charge is 0.263 e. The molecule has 14 heteroatoms. The molecule has 0 spiro atoms. The molecule has 300 valence electrons. The number of aromatic nitrogens is 4. The highest BCUT2D eigenvalue weighted by Gasteiger charge is 2.39. The number of hydrogen-bond acceptors (Lipinski definition) is 8. The molecule has 0 radical (unpaired) electrons. The van der Waals surface area contributed by atoms with Crippen molar-refractivity contribution in [2.75, 3.05) is 27.3 Å². The number of fused-ring (bicyclic) bond motifs is 2. The molecule has 0 saturated heterocycles. The highest BCUT2D eigenvalue weighted by Crippen LogP contribution is 2.42. The van der Waals surface area contributed by atoms with Gasteiger partial charge in [-0.2, -0.15) is 0 Å². The highest BCUT2D eigenvalue weighted by molar-refractivity contribution is 6.01. The quantitative estimate of drug-likeness (QED) is 0.0892. The van der Waals surface area contributed by atoms with Crippen molar-refractivity contribution < 1.29 is 29.4 Å². The number of nitrogens with zero attached hydrogens (tertiary/aromatic N) is 2. The number of aromatic amines is 2. The van der Waals surface area contributed by atoms with E-state index in [2.05, 4.69) is 20.6 Å². The number of carbonyl (C=O) groups excluding carboxylic acids is 4. The molecule has 2 saturated carbocycles. The number of hydrogen-bond donors (Lipinski definition) is 6. The first-order valence-electron chi connectivity index (χ1n) is 19.3. The standard InChI is InChI=1S/2C22H23N3O4/c2*1-23-21(28)18-8-15(20(27)9-14-7-16(14)12-26)11-25(22(18)29)10-13-3-2-4-19-17(13)5-6-24-19/h2*2-6,8,11,14,16,24,26H,7,9-10,12H2,1H3,(H,23,28)/t2*14-,16-/m10/s1. The first-order valence-corrected chi connectivity index (χ1v) is 19.3. The monoisotopic (exact) mass is 786 g/mol. The third kappa shape index (κ3) is 8.48. The summed E-state index contributed by atoms with van der Waals surface area (Å²) in [5.74, 6) is -0.580. The Hall–Kier alpha value is -6.38. The molecule has 6 aromatic rings.